The van der Waals surface area contributed by atoms with E-state index in [0.717, 1.165) is 0 Å². The summed E-state index contributed by atoms with van der Waals surface area (Å²) >= 11 is 0. The van der Waals surface area contributed by atoms with Crippen LogP contribution in [0, 0.1) is 5.92 Å². The van der Waals surface area contributed by atoms with Crippen molar-refractivity contribution >= 4 is 12.0 Å². The number of primary amides is 1. The van der Waals surface area contributed by atoms with E-state index in [1.165, 1.54) is 7.11 Å². The fraction of sp³-hybridized carbons (Fsp3) is 0.750. The Labute approximate surface area is 76.8 Å². The van der Waals surface area contributed by atoms with Crippen LogP contribution in [0.4, 0.5) is 4.79 Å². The summed E-state index contributed by atoms with van der Waals surface area (Å²) in [7, 11) is 1.35. The number of amides is 2. The van der Waals surface area contributed by atoms with E-state index in [1.54, 1.807) is 4.90 Å². The molecule has 5 heteroatoms. The third-order valence-electron chi connectivity index (χ3n) is 2.33. The largest absolute Gasteiger partial charge is 0.453 e. The first-order valence-corrected chi connectivity index (χ1v) is 4.27. The molecule has 0 unspecified atom stereocenters. The molecule has 2 N–H and O–H groups in total. The topological polar surface area (TPSA) is 72.6 Å². The minimum Gasteiger partial charge on any atom is -0.453 e. The highest BCUT2D eigenvalue weighted by Gasteiger charge is 2.25. The molecular formula is C8H14N2O3. The standard InChI is InChI=1S/C8H14N2O3/c1-13-8(12)10-4-2-6(3-5-10)7(9)11/h6H,2-5H2,1H3,(H2,9,11). The Bertz CT molecular complexity index is 209. The summed E-state index contributed by atoms with van der Waals surface area (Å²) < 4.78 is 4.56. The molecule has 1 aliphatic rings. The highest BCUT2D eigenvalue weighted by atomic mass is 16.5. The molecule has 0 bridgehead atoms. The van der Waals surface area contributed by atoms with Gasteiger partial charge in [-0.05, 0) is 12.8 Å². The number of piperidine rings is 1. The maximum absolute atomic E-state index is 11.0. The Morgan fingerprint density at radius 3 is 2.31 bits per heavy atom. The summed E-state index contributed by atoms with van der Waals surface area (Å²) in [5.74, 6) is -0.356. The summed E-state index contributed by atoms with van der Waals surface area (Å²) in [4.78, 5) is 23.4. The second kappa shape index (κ2) is 4.11. The van der Waals surface area contributed by atoms with Gasteiger partial charge < -0.3 is 15.4 Å². The second-order valence-corrected chi connectivity index (χ2v) is 3.13. The van der Waals surface area contributed by atoms with Gasteiger partial charge in [-0.2, -0.15) is 0 Å². The predicted molar refractivity (Wildman–Crippen MR) is 45.9 cm³/mol. The number of nitrogens with two attached hydrogens (primary N) is 1. The van der Waals surface area contributed by atoms with Crippen LogP contribution < -0.4 is 5.73 Å². The van der Waals surface area contributed by atoms with Crippen molar-refractivity contribution in [2.45, 2.75) is 12.8 Å². The lowest BCUT2D eigenvalue weighted by Crippen LogP contribution is -2.41. The van der Waals surface area contributed by atoms with E-state index in [9.17, 15) is 9.59 Å². The zero-order chi connectivity index (χ0) is 9.84. The summed E-state index contributed by atoms with van der Waals surface area (Å²) in [6, 6.07) is 0. The molecule has 13 heavy (non-hydrogen) atoms. The van der Waals surface area contributed by atoms with Crippen LogP contribution in [0.2, 0.25) is 0 Å². The van der Waals surface area contributed by atoms with Crippen LogP contribution in [0.25, 0.3) is 0 Å². The van der Waals surface area contributed by atoms with Crippen LogP contribution in [-0.2, 0) is 9.53 Å². The molecule has 1 saturated heterocycles. The summed E-state index contributed by atoms with van der Waals surface area (Å²) in [6.07, 6.45) is 0.956. The fourth-order valence-corrected chi connectivity index (χ4v) is 1.48. The van der Waals surface area contributed by atoms with Crippen molar-refractivity contribution in [2.75, 3.05) is 20.2 Å². The molecule has 0 atom stereocenters. The van der Waals surface area contributed by atoms with Crippen LogP contribution >= 0.6 is 0 Å². The van der Waals surface area contributed by atoms with Gasteiger partial charge in [-0.25, -0.2) is 4.79 Å². The maximum atomic E-state index is 11.0. The number of methoxy groups -OCH3 is 1. The number of nitrogens with zero attached hydrogens (tertiary/aromatic N) is 1. The van der Waals surface area contributed by atoms with Crippen molar-refractivity contribution in [1.82, 2.24) is 4.90 Å². The number of carbonyl (C=O) groups is 2. The van der Waals surface area contributed by atoms with E-state index in [-0.39, 0.29) is 17.9 Å². The van der Waals surface area contributed by atoms with Gasteiger partial charge in [0.2, 0.25) is 5.91 Å². The Morgan fingerprint density at radius 1 is 1.38 bits per heavy atom. The monoisotopic (exact) mass is 186 g/mol. The Kier molecular flexibility index (Phi) is 3.11. The van der Waals surface area contributed by atoms with Crippen molar-refractivity contribution in [3.05, 3.63) is 0 Å². The average molecular weight is 186 g/mol. The van der Waals surface area contributed by atoms with Crippen LogP contribution in [-0.4, -0.2) is 37.1 Å². The van der Waals surface area contributed by atoms with E-state index in [0.29, 0.717) is 25.9 Å². The number of carbonyl (C=O) groups excluding carboxylic acids is 2. The highest BCUT2D eigenvalue weighted by Crippen LogP contribution is 2.16. The Morgan fingerprint density at radius 2 is 1.92 bits per heavy atom. The number of ether oxygens (including phenoxy) is 1. The van der Waals surface area contributed by atoms with E-state index >= 15 is 0 Å². The number of hydrogen-bond acceptors (Lipinski definition) is 3. The smallest absolute Gasteiger partial charge is 0.409 e. The normalized spacial score (nSPS) is 18.4. The molecule has 1 rings (SSSR count). The van der Waals surface area contributed by atoms with Gasteiger partial charge in [0.1, 0.15) is 0 Å². The van der Waals surface area contributed by atoms with Crippen LogP contribution in [0.15, 0.2) is 0 Å². The van der Waals surface area contributed by atoms with Crippen LogP contribution in [0.5, 0.6) is 0 Å². The first-order chi connectivity index (χ1) is 6.15. The molecule has 0 aromatic heterocycles. The molecule has 0 aliphatic carbocycles. The van der Waals surface area contributed by atoms with Gasteiger partial charge >= 0.3 is 6.09 Å². The third kappa shape index (κ3) is 2.34. The lowest BCUT2D eigenvalue weighted by molar-refractivity contribution is -0.123. The van der Waals surface area contributed by atoms with Gasteiger partial charge in [-0.1, -0.05) is 0 Å². The quantitative estimate of drug-likeness (QED) is 0.624. The zero-order valence-electron chi connectivity index (χ0n) is 7.66. The number of hydrogen-bond donors (Lipinski definition) is 1. The first-order valence-electron chi connectivity index (χ1n) is 4.27. The molecule has 1 heterocycles. The SMILES string of the molecule is COC(=O)N1CCC(C(N)=O)CC1. The molecule has 74 valence electrons. The lowest BCUT2D eigenvalue weighted by Gasteiger charge is -2.29. The minimum absolute atomic E-state index is 0.0825. The van der Waals surface area contributed by atoms with E-state index < -0.39 is 0 Å². The first kappa shape index (κ1) is 9.83. The molecule has 0 saturated carbocycles. The fourth-order valence-electron chi connectivity index (χ4n) is 1.48. The predicted octanol–water partition coefficient (Wildman–Crippen LogP) is -0.0499. The van der Waals surface area contributed by atoms with Gasteiger partial charge in [0.25, 0.3) is 0 Å². The molecule has 2 amide bonds. The number of rotatable bonds is 1. The highest BCUT2D eigenvalue weighted by molar-refractivity contribution is 5.77. The van der Waals surface area contributed by atoms with Gasteiger partial charge in [0, 0.05) is 19.0 Å². The zero-order valence-corrected chi connectivity index (χ0v) is 7.66. The number of likely N-dealkylation sites (tertiary alicyclic amines) is 1. The van der Waals surface area contributed by atoms with Crippen molar-refractivity contribution < 1.29 is 14.3 Å². The lowest BCUT2D eigenvalue weighted by atomic mass is 9.97. The van der Waals surface area contributed by atoms with E-state index in [1.807, 2.05) is 0 Å². The molecule has 0 aromatic rings. The van der Waals surface area contributed by atoms with Crippen LogP contribution in [0.3, 0.4) is 0 Å². The van der Waals surface area contributed by atoms with Gasteiger partial charge in [-0.3, -0.25) is 4.79 Å². The summed E-state index contributed by atoms with van der Waals surface area (Å²) in [5, 5.41) is 0. The van der Waals surface area contributed by atoms with Crippen molar-refractivity contribution in [3.63, 3.8) is 0 Å². The molecule has 5 nitrogen and oxygen atoms in total. The van der Waals surface area contributed by atoms with E-state index in [2.05, 4.69) is 4.74 Å². The van der Waals surface area contributed by atoms with Gasteiger partial charge in [-0.15, -0.1) is 0 Å². The molecule has 0 spiro atoms. The van der Waals surface area contributed by atoms with Crippen molar-refractivity contribution in [3.8, 4) is 0 Å². The summed E-state index contributed by atoms with van der Waals surface area (Å²) in [5.41, 5.74) is 5.15. The average Bonchev–Trinajstić information content (AvgIpc) is 2.17. The maximum Gasteiger partial charge on any atom is 0.409 e. The van der Waals surface area contributed by atoms with Crippen LogP contribution in [0.1, 0.15) is 12.8 Å². The van der Waals surface area contributed by atoms with E-state index in [4.69, 9.17) is 5.73 Å². The van der Waals surface area contributed by atoms with Crippen molar-refractivity contribution in [2.24, 2.45) is 11.7 Å². The molecule has 1 fully saturated rings. The molecule has 0 radical (unpaired) electrons. The molecule has 0 aromatic carbocycles. The van der Waals surface area contributed by atoms with Crippen molar-refractivity contribution in [1.29, 1.82) is 0 Å². The minimum atomic E-state index is -0.331. The summed E-state index contributed by atoms with van der Waals surface area (Å²) in [6.45, 7) is 1.11. The van der Waals surface area contributed by atoms with Gasteiger partial charge in [0.15, 0.2) is 0 Å². The second-order valence-electron chi connectivity index (χ2n) is 3.13. The third-order valence-corrected chi connectivity index (χ3v) is 2.33. The molecule has 1 aliphatic heterocycles. The Hall–Kier alpha value is -1.26. The Balaban J connectivity index is 2.39. The molecular weight excluding hydrogens is 172 g/mol. The van der Waals surface area contributed by atoms with Gasteiger partial charge in [0.05, 0.1) is 7.11 Å².